The molecule has 4 nitrogen and oxygen atoms in total. The SMILES string of the molecule is COc1ccc(Cl)c(NC(=O)c2cc(-c3ccc(C)cc3)oc2C)c1. The number of halogens is 1. The predicted octanol–water partition coefficient (Wildman–Crippen LogP) is 5.48. The Morgan fingerprint density at radius 3 is 2.48 bits per heavy atom. The van der Waals surface area contributed by atoms with Crippen LogP contribution >= 0.6 is 11.6 Å². The minimum absolute atomic E-state index is 0.283. The van der Waals surface area contributed by atoms with Gasteiger partial charge >= 0.3 is 0 Å². The second kappa shape index (κ2) is 7.03. The molecule has 25 heavy (non-hydrogen) atoms. The minimum Gasteiger partial charge on any atom is -0.497 e. The van der Waals surface area contributed by atoms with E-state index < -0.39 is 0 Å². The summed E-state index contributed by atoms with van der Waals surface area (Å²) in [6, 6.07) is 14.8. The molecule has 128 valence electrons. The van der Waals surface area contributed by atoms with Gasteiger partial charge in [0.05, 0.1) is 23.4 Å². The van der Waals surface area contributed by atoms with Crippen molar-refractivity contribution in [2.24, 2.45) is 0 Å². The zero-order valence-corrected chi connectivity index (χ0v) is 15.0. The van der Waals surface area contributed by atoms with Crippen molar-refractivity contribution in [1.29, 1.82) is 0 Å². The van der Waals surface area contributed by atoms with Crippen molar-refractivity contribution >= 4 is 23.2 Å². The number of ether oxygens (including phenoxy) is 1. The predicted molar refractivity (Wildman–Crippen MR) is 99.6 cm³/mol. The van der Waals surface area contributed by atoms with Gasteiger partial charge in [-0.25, -0.2) is 0 Å². The van der Waals surface area contributed by atoms with Crippen molar-refractivity contribution in [3.63, 3.8) is 0 Å². The highest BCUT2D eigenvalue weighted by Crippen LogP contribution is 2.29. The fourth-order valence-electron chi connectivity index (χ4n) is 2.48. The van der Waals surface area contributed by atoms with E-state index in [1.165, 1.54) is 0 Å². The fraction of sp³-hybridized carbons (Fsp3) is 0.150. The maximum Gasteiger partial charge on any atom is 0.259 e. The van der Waals surface area contributed by atoms with Crippen molar-refractivity contribution in [3.05, 3.63) is 70.4 Å². The number of amides is 1. The standard InChI is InChI=1S/C20H18ClNO3/c1-12-4-6-14(7-5-12)19-11-16(13(2)25-19)20(23)22-18-10-15(24-3)8-9-17(18)21/h4-11H,1-3H3,(H,22,23). The van der Waals surface area contributed by atoms with Crippen molar-refractivity contribution in [2.75, 3.05) is 12.4 Å². The van der Waals surface area contributed by atoms with Crippen LogP contribution in [-0.4, -0.2) is 13.0 Å². The number of anilines is 1. The molecular weight excluding hydrogens is 338 g/mol. The molecular formula is C20H18ClNO3. The van der Waals surface area contributed by atoms with Gasteiger partial charge in [-0.15, -0.1) is 0 Å². The molecule has 0 spiro atoms. The van der Waals surface area contributed by atoms with E-state index in [9.17, 15) is 4.79 Å². The van der Waals surface area contributed by atoms with Gasteiger partial charge in [0.15, 0.2) is 0 Å². The smallest absolute Gasteiger partial charge is 0.259 e. The minimum atomic E-state index is -0.283. The normalized spacial score (nSPS) is 10.6. The lowest BCUT2D eigenvalue weighted by atomic mass is 10.1. The molecule has 0 fully saturated rings. The molecule has 1 amide bonds. The molecule has 0 atom stereocenters. The number of carbonyl (C=O) groups is 1. The van der Waals surface area contributed by atoms with Crippen LogP contribution in [0.15, 0.2) is 52.9 Å². The number of furan rings is 1. The van der Waals surface area contributed by atoms with Crippen LogP contribution < -0.4 is 10.1 Å². The Morgan fingerprint density at radius 1 is 1.08 bits per heavy atom. The average molecular weight is 356 g/mol. The maximum atomic E-state index is 12.6. The molecule has 1 N–H and O–H groups in total. The van der Waals surface area contributed by atoms with E-state index in [0.717, 1.165) is 11.1 Å². The van der Waals surface area contributed by atoms with Crippen LogP contribution in [0.1, 0.15) is 21.7 Å². The number of nitrogens with one attached hydrogen (secondary N) is 1. The van der Waals surface area contributed by atoms with Crippen LogP contribution in [0.2, 0.25) is 5.02 Å². The highest BCUT2D eigenvalue weighted by atomic mass is 35.5. The number of hydrogen-bond donors (Lipinski definition) is 1. The first-order valence-electron chi connectivity index (χ1n) is 7.80. The quantitative estimate of drug-likeness (QED) is 0.674. The van der Waals surface area contributed by atoms with E-state index in [1.54, 1.807) is 38.3 Å². The lowest BCUT2D eigenvalue weighted by Gasteiger charge is -2.08. The molecule has 0 aliphatic carbocycles. The van der Waals surface area contributed by atoms with E-state index >= 15 is 0 Å². The lowest BCUT2D eigenvalue weighted by Crippen LogP contribution is -2.12. The van der Waals surface area contributed by atoms with Gasteiger partial charge in [-0.3, -0.25) is 4.79 Å². The molecule has 0 saturated carbocycles. The van der Waals surface area contributed by atoms with Crippen molar-refractivity contribution < 1.29 is 13.9 Å². The second-order valence-electron chi connectivity index (χ2n) is 5.75. The number of rotatable bonds is 4. The highest BCUT2D eigenvalue weighted by molar-refractivity contribution is 6.34. The van der Waals surface area contributed by atoms with Crippen molar-refractivity contribution in [3.8, 4) is 17.1 Å². The molecule has 0 aliphatic rings. The van der Waals surface area contributed by atoms with Gasteiger partial charge in [0.2, 0.25) is 0 Å². The first-order chi connectivity index (χ1) is 12.0. The molecule has 1 aromatic heterocycles. The Kier molecular flexibility index (Phi) is 4.81. The monoisotopic (exact) mass is 355 g/mol. The first-order valence-corrected chi connectivity index (χ1v) is 8.18. The van der Waals surface area contributed by atoms with Crippen molar-refractivity contribution in [1.82, 2.24) is 0 Å². The summed E-state index contributed by atoms with van der Waals surface area (Å²) >= 11 is 6.15. The summed E-state index contributed by atoms with van der Waals surface area (Å²) in [7, 11) is 1.56. The van der Waals surface area contributed by atoms with Crippen LogP contribution in [0.25, 0.3) is 11.3 Å². The molecule has 0 radical (unpaired) electrons. The third kappa shape index (κ3) is 3.69. The highest BCUT2D eigenvalue weighted by Gasteiger charge is 2.17. The van der Waals surface area contributed by atoms with E-state index in [0.29, 0.717) is 33.5 Å². The molecule has 3 rings (SSSR count). The zero-order valence-electron chi connectivity index (χ0n) is 14.2. The topological polar surface area (TPSA) is 51.5 Å². The average Bonchev–Trinajstić information content (AvgIpc) is 2.99. The zero-order chi connectivity index (χ0) is 18.0. The number of aryl methyl sites for hydroxylation is 2. The Labute approximate surface area is 151 Å². The summed E-state index contributed by atoms with van der Waals surface area (Å²) in [4.78, 5) is 12.6. The Bertz CT molecular complexity index is 913. The molecule has 5 heteroatoms. The second-order valence-corrected chi connectivity index (χ2v) is 6.15. The largest absolute Gasteiger partial charge is 0.497 e. The van der Waals surface area contributed by atoms with Gasteiger partial charge in [-0.05, 0) is 32.0 Å². The maximum absolute atomic E-state index is 12.6. The Balaban J connectivity index is 1.87. The van der Waals surface area contributed by atoms with Gasteiger partial charge in [0.25, 0.3) is 5.91 Å². The number of methoxy groups -OCH3 is 1. The summed E-state index contributed by atoms with van der Waals surface area (Å²) in [6.45, 7) is 3.79. The van der Waals surface area contributed by atoms with Crippen LogP contribution in [0.3, 0.4) is 0 Å². The van der Waals surface area contributed by atoms with Crippen LogP contribution in [0.4, 0.5) is 5.69 Å². The molecule has 2 aromatic carbocycles. The summed E-state index contributed by atoms with van der Waals surface area (Å²) in [6.07, 6.45) is 0. The van der Waals surface area contributed by atoms with Crippen LogP contribution in [-0.2, 0) is 0 Å². The third-order valence-electron chi connectivity index (χ3n) is 3.92. The van der Waals surface area contributed by atoms with Gasteiger partial charge < -0.3 is 14.5 Å². The summed E-state index contributed by atoms with van der Waals surface area (Å²) in [5.74, 6) is 1.53. The lowest BCUT2D eigenvalue weighted by molar-refractivity contribution is 0.102. The van der Waals surface area contributed by atoms with E-state index in [1.807, 2.05) is 31.2 Å². The molecule has 0 unspecified atom stereocenters. The molecule has 1 heterocycles. The van der Waals surface area contributed by atoms with Gasteiger partial charge in [-0.1, -0.05) is 41.4 Å². The Morgan fingerprint density at radius 2 is 1.80 bits per heavy atom. The summed E-state index contributed by atoms with van der Waals surface area (Å²) in [5, 5.41) is 3.24. The summed E-state index contributed by atoms with van der Waals surface area (Å²) in [5.41, 5.74) is 3.04. The van der Waals surface area contributed by atoms with E-state index in [2.05, 4.69) is 5.32 Å². The molecule has 0 aliphatic heterocycles. The molecule has 0 bridgehead atoms. The molecule has 0 saturated heterocycles. The third-order valence-corrected chi connectivity index (χ3v) is 4.25. The van der Waals surface area contributed by atoms with Crippen LogP contribution in [0.5, 0.6) is 5.75 Å². The van der Waals surface area contributed by atoms with E-state index in [4.69, 9.17) is 20.8 Å². The van der Waals surface area contributed by atoms with Gasteiger partial charge in [0, 0.05) is 11.6 Å². The van der Waals surface area contributed by atoms with Crippen LogP contribution in [0, 0.1) is 13.8 Å². The molecule has 3 aromatic rings. The van der Waals surface area contributed by atoms with Crippen molar-refractivity contribution in [2.45, 2.75) is 13.8 Å². The van der Waals surface area contributed by atoms with Gasteiger partial charge in [-0.2, -0.15) is 0 Å². The number of hydrogen-bond acceptors (Lipinski definition) is 3. The Hall–Kier alpha value is -2.72. The van der Waals surface area contributed by atoms with Gasteiger partial charge in [0.1, 0.15) is 17.3 Å². The number of carbonyl (C=O) groups excluding carboxylic acids is 1. The summed E-state index contributed by atoms with van der Waals surface area (Å²) < 4.78 is 10.9. The van der Waals surface area contributed by atoms with E-state index in [-0.39, 0.29) is 5.91 Å². The first kappa shape index (κ1) is 17.1. The fourth-order valence-corrected chi connectivity index (χ4v) is 2.65. The number of benzene rings is 2.